The molecule has 0 N–H and O–H groups in total. The Morgan fingerprint density at radius 1 is 1.04 bits per heavy atom. The highest BCUT2D eigenvalue weighted by atomic mass is 16.3. The van der Waals surface area contributed by atoms with Crippen molar-refractivity contribution < 1.29 is 4.42 Å². The van der Waals surface area contributed by atoms with Gasteiger partial charge in [-0.05, 0) is 64.9 Å². The summed E-state index contributed by atoms with van der Waals surface area (Å²) in [5, 5.41) is 2.27. The quantitative estimate of drug-likeness (QED) is 0.661. The first-order valence-corrected chi connectivity index (χ1v) is 8.82. The standard InChI is InChI=1S/C20H25N3O/c1-13-7-9-16-17-10-8-14(2)21-20(17)24-19(16)18(13)23-12-6-5-11-22(4)15(23)3/h7-10,15H,5-6,11-12H2,1-4H3/t15-/m0/s1. The lowest BCUT2D eigenvalue weighted by atomic mass is 10.1. The summed E-state index contributed by atoms with van der Waals surface area (Å²) in [4.78, 5) is 9.51. The smallest absolute Gasteiger partial charge is 0.227 e. The maximum absolute atomic E-state index is 6.25. The molecule has 2 aromatic heterocycles. The highest BCUT2D eigenvalue weighted by Crippen LogP contribution is 2.38. The summed E-state index contributed by atoms with van der Waals surface area (Å²) in [6.45, 7) is 8.68. The molecule has 0 radical (unpaired) electrons. The van der Waals surface area contributed by atoms with Gasteiger partial charge >= 0.3 is 0 Å². The average Bonchev–Trinajstić information content (AvgIpc) is 2.83. The van der Waals surface area contributed by atoms with Crippen LogP contribution in [0.15, 0.2) is 28.7 Å². The van der Waals surface area contributed by atoms with Crippen molar-refractivity contribution in [3.8, 4) is 0 Å². The van der Waals surface area contributed by atoms with Gasteiger partial charge in [0.05, 0.1) is 11.9 Å². The molecular weight excluding hydrogens is 298 g/mol. The second-order valence-corrected chi connectivity index (χ2v) is 7.03. The van der Waals surface area contributed by atoms with E-state index >= 15 is 0 Å². The number of nitrogens with zero attached hydrogens (tertiary/aromatic N) is 3. The van der Waals surface area contributed by atoms with Crippen molar-refractivity contribution in [2.45, 2.75) is 39.8 Å². The van der Waals surface area contributed by atoms with Gasteiger partial charge in [0, 0.05) is 23.0 Å². The van der Waals surface area contributed by atoms with Crippen LogP contribution in [0.4, 0.5) is 5.69 Å². The number of benzene rings is 1. The van der Waals surface area contributed by atoms with Crippen LogP contribution in [0.25, 0.3) is 22.1 Å². The second-order valence-electron chi connectivity index (χ2n) is 7.03. The van der Waals surface area contributed by atoms with Crippen molar-refractivity contribution in [2.75, 3.05) is 25.0 Å². The summed E-state index contributed by atoms with van der Waals surface area (Å²) < 4.78 is 6.25. The van der Waals surface area contributed by atoms with Gasteiger partial charge in [-0.25, -0.2) is 4.98 Å². The molecule has 4 nitrogen and oxygen atoms in total. The third-order valence-corrected chi connectivity index (χ3v) is 5.36. The fourth-order valence-electron chi connectivity index (χ4n) is 3.81. The molecule has 0 bridgehead atoms. The molecule has 4 rings (SSSR count). The predicted octanol–water partition coefficient (Wildman–Crippen LogP) is 4.48. The Hall–Kier alpha value is -2.07. The number of pyridine rings is 1. The van der Waals surface area contributed by atoms with Gasteiger partial charge in [-0.1, -0.05) is 12.1 Å². The van der Waals surface area contributed by atoms with Crippen LogP contribution in [-0.2, 0) is 0 Å². The zero-order valence-corrected chi connectivity index (χ0v) is 15.0. The van der Waals surface area contributed by atoms with Gasteiger partial charge in [-0.15, -0.1) is 0 Å². The number of anilines is 1. The first-order chi connectivity index (χ1) is 11.6. The Balaban J connectivity index is 1.96. The second kappa shape index (κ2) is 5.78. The van der Waals surface area contributed by atoms with E-state index in [1.165, 1.54) is 24.1 Å². The van der Waals surface area contributed by atoms with E-state index in [4.69, 9.17) is 4.42 Å². The van der Waals surface area contributed by atoms with Crippen LogP contribution in [0.1, 0.15) is 31.0 Å². The molecule has 1 aliphatic heterocycles. The van der Waals surface area contributed by atoms with Gasteiger partial charge in [0.2, 0.25) is 5.71 Å². The average molecular weight is 323 g/mol. The van der Waals surface area contributed by atoms with Crippen LogP contribution in [0.5, 0.6) is 0 Å². The minimum Gasteiger partial charge on any atom is -0.436 e. The van der Waals surface area contributed by atoms with Crippen molar-refractivity contribution in [1.82, 2.24) is 9.88 Å². The van der Waals surface area contributed by atoms with Crippen molar-refractivity contribution in [1.29, 1.82) is 0 Å². The van der Waals surface area contributed by atoms with Crippen molar-refractivity contribution in [3.63, 3.8) is 0 Å². The first kappa shape index (κ1) is 15.5. The minimum atomic E-state index is 0.361. The molecule has 1 atom stereocenters. The molecule has 1 aliphatic rings. The van der Waals surface area contributed by atoms with Crippen LogP contribution < -0.4 is 4.90 Å². The van der Waals surface area contributed by atoms with Crippen LogP contribution in [0.2, 0.25) is 0 Å². The van der Waals surface area contributed by atoms with Gasteiger partial charge in [0.15, 0.2) is 5.58 Å². The molecule has 0 saturated carbocycles. The van der Waals surface area contributed by atoms with Crippen LogP contribution in [0.3, 0.4) is 0 Å². The maximum atomic E-state index is 6.25. The molecule has 126 valence electrons. The Labute approximate surface area is 143 Å². The molecule has 1 fully saturated rings. The minimum absolute atomic E-state index is 0.361. The van der Waals surface area contributed by atoms with Gasteiger partial charge < -0.3 is 9.32 Å². The number of hydrogen-bond donors (Lipinski definition) is 0. The van der Waals surface area contributed by atoms with Gasteiger partial charge in [0.25, 0.3) is 0 Å². The molecular formula is C20H25N3O. The number of aromatic nitrogens is 1. The monoisotopic (exact) mass is 323 g/mol. The molecule has 3 aromatic rings. The molecule has 4 heteroatoms. The van der Waals surface area contributed by atoms with Crippen molar-refractivity contribution in [3.05, 3.63) is 35.5 Å². The van der Waals surface area contributed by atoms with E-state index < -0.39 is 0 Å². The Bertz CT molecular complexity index is 899. The Morgan fingerprint density at radius 2 is 1.79 bits per heavy atom. The molecule has 1 saturated heterocycles. The lowest BCUT2D eigenvalue weighted by molar-refractivity contribution is 0.267. The fourth-order valence-corrected chi connectivity index (χ4v) is 3.81. The molecule has 0 amide bonds. The van der Waals surface area contributed by atoms with Crippen LogP contribution in [-0.4, -0.2) is 36.2 Å². The van der Waals surface area contributed by atoms with E-state index in [0.29, 0.717) is 6.17 Å². The number of rotatable bonds is 1. The first-order valence-electron chi connectivity index (χ1n) is 8.82. The molecule has 3 heterocycles. The lowest BCUT2D eigenvalue weighted by Crippen LogP contribution is -2.43. The zero-order valence-electron chi connectivity index (χ0n) is 15.0. The topological polar surface area (TPSA) is 32.5 Å². The highest BCUT2D eigenvalue weighted by molar-refractivity contribution is 6.08. The number of fused-ring (bicyclic) bond motifs is 3. The summed E-state index contributed by atoms with van der Waals surface area (Å²) >= 11 is 0. The van der Waals surface area contributed by atoms with E-state index in [1.807, 2.05) is 6.92 Å². The lowest BCUT2D eigenvalue weighted by Gasteiger charge is -2.35. The van der Waals surface area contributed by atoms with Gasteiger partial charge in [0.1, 0.15) is 0 Å². The number of aryl methyl sites for hydroxylation is 2. The molecule has 1 aromatic carbocycles. The number of furan rings is 1. The third kappa shape index (κ3) is 2.37. The summed E-state index contributed by atoms with van der Waals surface area (Å²) in [5.74, 6) is 0. The summed E-state index contributed by atoms with van der Waals surface area (Å²) in [5.41, 5.74) is 5.20. The summed E-state index contributed by atoms with van der Waals surface area (Å²) in [6, 6.07) is 8.56. The van der Waals surface area contributed by atoms with Crippen molar-refractivity contribution in [2.24, 2.45) is 0 Å². The Morgan fingerprint density at radius 3 is 2.62 bits per heavy atom. The van der Waals surface area contributed by atoms with Crippen LogP contribution in [0, 0.1) is 13.8 Å². The third-order valence-electron chi connectivity index (χ3n) is 5.36. The van der Waals surface area contributed by atoms with Crippen LogP contribution >= 0.6 is 0 Å². The zero-order chi connectivity index (χ0) is 16.8. The molecule has 0 aliphatic carbocycles. The van der Waals surface area contributed by atoms with E-state index in [2.05, 4.69) is 59.9 Å². The SMILES string of the molecule is Cc1ccc2c(n1)oc1c(N3CCCCN(C)[C@@H]3C)c(C)ccc12. The van der Waals surface area contributed by atoms with Crippen molar-refractivity contribution >= 4 is 27.8 Å². The largest absolute Gasteiger partial charge is 0.436 e. The van der Waals surface area contributed by atoms with Gasteiger partial charge in [-0.3, -0.25) is 4.90 Å². The predicted molar refractivity (Wildman–Crippen MR) is 99.7 cm³/mol. The summed E-state index contributed by atoms with van der Waals surface area (Å²) in [7, 11) is 2.21. The van der Waals surface area contributed by atoms with E-state index in [1.54, 1.807) is 0 Å². The van der Waals surface area contributed by atoms with E-state index in [-0.39, 0.29) is 0 Å². The highest BCUT2D eigenvalue weighted by Gasteiger charge is 2.26. The normalized spacial score (nSPS) is 20.0. The molecule has 0 unspecified atom stereocenters. The number of hydrogen-bond acceptors (Lipinski definition) is 4. The summed E-state index contributed by atoms with van der Waals surface area (Å²) in [6.07, 6.45) is 2.81. The van der Waals surface area contributed by atoms with E-state index in [9.17, 15) is 0 Å². The Kier molecular flexibility index (Phi) is 3.72. The fraction of sp³-hybridized carbons (Fsp3) is 0.450. The maximum Gasteiger partial charge on any atom is 0.227 e. The van der Waals surface area contributed by atoms with Gasteiger partial charge in [-0.2, -0.15) is 0 Å². The molecule has 0 spiro atoms. The van der Waals surface area contributed by atoms with E-state index in [0.717, 1.165) is 40.9 Å². The molecule has 24 heavy (non-hydrogen) atoms.